The van der Waals surface area contributed by atoms with Gasteiger partial charge in [0.1, 0.15) is 5.75 Å². The third kappa shape index (κ3) is 4.42. The van der Waals surface area contributed by atoms with Crippen molar-refractivity contribution in [2.45, 2.75) is 6.92 Å². The van der Waals surface area contributed by atoms with Gasteiger partial charge in [-0.3, -0.25) is 14.5 Å². The zero-order valence-electron chi connectivity index (χ0n) is 14.7. The summed E-state index contributed by atoms with van der Waals surface area (Å²) >= 11 is 0. The maximum absolute atomic E-state index is 12.5. The second-order valence-corrected chi connectivity index (χ2v) is 6.67. The highest BCUT2D eigenvalue weighted by Crippen LogP contribution is 2.19. The summed E-state index contributed by atoms with van der Waals surface area (Å²) in [6.45, 7) is 7.99. The van der Waals surface area contributed by atoms with E-state index in [1.807, 2.05) is 21.9 Å². The summed E-state index contributed by atoms with van der Waals surface area (Å²) in [7, 11) is 0. The summed E-state index contributed by atoms with van der Waals surface area (Å²) in [5, 5.41) is 9.37. The summed E-state index contributed by atoms with van der Waals surface area (Å²) in [5.74, 6) is 0.542. The number of carbonyl (C=O) groups is 2. The number of nitrogens with zero attached hydrogens (tertiary/aromatic N) is 4. The van der Waals surface area contributed by atoms with Crippen LogP contribution in [0, 0.1) is 0 Å². The van der Waals surface area contributed by atoms with Gasteiger partial charge in [0, 0.05) is 65.0 Å². The third-order valence-corrected chi connectivity index (χ3v) is 5.02. The van der Waals surface area contributed by atoms with Gasteiger partial charge < -0.3 is 19.8 Å². The molecule has 0 saturated carbocycles. The van der Waals surface area contributed by atoms with Crippen LogP contribution in [0.2, 0.25) is 0 Å². The minimum atomic E-state index is 0.108. The lowest BCUT2D eigenvalue weighted by Crippen LogP contribution is -2.54. The van der Waals surface area contributed by atoms with E-state index in [1.165, 1.54) is 0 Å². The molecule has 0 aliphatic carbocycles. The van der Waals surface area contributed by atoms with Gasteiger partial charge in [0.2, 0.25) is 11.8 Å². The molecule has 1 aromatic carbocycles. The average Bonchev–Trinajstić information content (AvgIpc) is 2.63. The number of rotatable bonds is 3. The zero-order chi connectivity index (χ0) is 17.8. The van der Waals surface area contributed by atoms with Crippen molar-refractivity contribution in [1.29, 1.82) is 0 Å². The Morgan fingerprint density at radius 3 is 2.00 bits per heavy atom. The number of anilines is 1. The van der Waals surface area contributed by atoms with Gasteiger partial charge in [0.25, 0.3) is 0 Å². The van der Waals surface area contributed by atoms with Crippen molar-refractivity contribution >= 4 is 17.5 Å². The zero-order valence-corrected chi connectivity index (χ0v) is 14.7. The van der Waals surface area contributed by atoms with Crippen LogP contribution in [0.15, 0.2) is 24.3 Å². The number of phenols is 1. The lowest BCUT2D eigenvalue weighted by atomic mass is 10.2. The van der Waals surface area contributed by atoms with Gasteiger partial charge >= 0.3 is 0 Å². The third-order valence-electron chi connectivity index (χ3n) is 5.02. The Morgan fingerprint density at radius 1 is 0.880 bits per heavy atom. The fourth-order valence-corrected chi connectivity index (χ4v) is 3.39. The van der Waals surface area contributed by atoms with Crippen LogP contribution in [0.4, 0.5) is 5.69 Å². The Morgan fingerprint density at radius 2 is 1.44 bits per heavy atom. The summed E-state index contributed by atoms with van der Waals surface area (Å²) in [4.78, 5) is 32.0. The highest BCUT2D eigenvalue weighted by atomic mass is 16.3. The monoisotopic (exact) mass is 346 g/mol. The predicted molar refractivity (Wildman–Crippen MR) is 95.6 cm³/mol. The number of benzene rings is 1. The number of hydrogen-bond donors (Lipinski definition) is 1. The van der Waals surface area contributed by atoms with E-state index in [4.69, 9.17) is 0 Å². The first-order chi connectivity index (χ1) is 12.0. The average molecular weight is 346 g/mol. The Hall–Kier alpha value is -2.28. The largest absolute Gasteiger partial charge is 0.508 e. The van der Waals surface area contributed by atoms with Crippen LogP contribution in [-0.2, 0) is 9.59 Å². The number of amides is 2. The van der Waals surface area contributed by atoms with Crippen molar-refractivity contribution in [2.24, 2.45) is 0 Å². The molecule has 2 fully saturated rings. The molecule has 0 bridgehead atoms. The van der Waals surface area contributed by atoms with E-state index in [0.717, 1.165) is 31.9 Å². The minimum Gasteiger partial charge on any atom is -0.508 e. The Labute approximate surface area is 148 Å². The van der Waals surface area contributed by atoms with E-state index in [-0.39, 0.29) is 17.6 Å². The van der Waals surface area contributed by atoms with Crippen LogP contribution in [0.5, 0.6) is 5.75 Å². The molecule has 0 aromatic heterocycles. The SMILES string of the molecule is CC(=O)N1CCN(CC(=O)N2CCN(c3ccc(O)cc3)CC2)CC1. The Bertz CT molecular complexity index is 603. The molecular weight excluding hydrogens is 320 g/mol. The van der Waals surface area contributed by atoms with Gasteiger partial charge in [-0.05, 0) is 24.3 Å². The van der Waals surface area contributed by atoms with E-state index in [1.54, 1.807) is 19.1 Å². The fourth-order valence-electron chi connectivity index (χ4n) is 3.39. The maximum Gasteiger partial charge on any atom is 0.236 e. The Kier molecular flexibility index (Phi) is 5.43. The van der Waals surface area contributed by atoms with E-state index in [9.17, 15) is 14.7 Å². The van der Waals surface area contributed by atoms with E-state index >= 15 is 0 Å². The normalized spacial score (nSPS) is 19.2. The van der Waals surface area contributed by atoms with Gasteiger partial charge in [0.15, 0.2) is 0 Å². The molecule has 2 saturated heterocycles. The summed E-state index contributed by atoms with van der Waals surface area (Å²) in [6, 6.07) is 7.18. The van der Waals surface area contributed by atoms with Crippen molar-refractivity contribution in [1.82, 2.24) is 14.7 Å². The Balaban J connectivity index is 1.44. The van der Waals surface area contributed by atoms with Crippen molar-refractivity contribution < 1.29 is 14.7 Å². The molecule has 25 heavy (non-hydrogen) atoms. The molecule has 0 radical (unpaired) electrons. The first-order valence-electron chi connectivity index (χ1n) is 8.82. The maximum atomic E-state index is 12.5. The summed E-state index contributed by atoms with van der Waals surface area (Å²) in [5.41, 5.74) is 1.07. The molecule has 0 atom stereocenters. The molecule has 2 amide bonds. The molecule has 1 N–H and O–H groups in total. The first kappa shape index (κ1) is 17.5. The quantitative estimate of drug-likeness (QED) is 0.847. The molecule has 2 heterocycles. The number of phenolic OH excluding ortho intramolecular Hbond substituents is 1. The second kappa shape index (κ2) is 7.74. The number of hydrogen-bond acceptors (Lipinski definition) is 5. The van der Waals surface area contributed by atoms with Gasteiger partial charge in [-0.25, -0.2) is 0 Å². The standard InChI is InChI=1S/C18H26N4O3/c1-15(23)20-8-6-19(7-9-20)14-18(25)22-12-10-21(11-13-22)16-2-4-17(24)5-3-16/h2-5,24H,6-14H2,1H3. The topological polar surface area (TPSA) is 67.3 Å². The van der Waals surface area contributed by atoms with Crippen LogP contribution < -0.4 is 4.90 Å². The van der Waals surface area contributed by atoms with Gasteiger partial charge in [-0.2, -0.15) is 0 Å². The highest BCUT2D eigenvalue weighted by Gasteiger charge is 2.25. The molecular formula is C18H26N4O3. The lowest BCUT2D eigenvalue weighted by molar-refractivity contribution is -0.134. The molecule has 2 aliphatic rings. The second-order valence-electron chi connectivity index (χ2n) is 6.67. The molecule has 7 nitrogen and oxygen atoms in total. The molecule has 1 aromatic rings. The molecule has 0 unspecified atom stereocenters. The van der Waals surface area contributed by atoms with Crippen LogP contribution in [-0.4, -0.2) is 90.5 Å². The van der Waals surface area contributed by atoms with E-state index < -0.39 is 0 Å². The number of aromatic hydroxyl groups is 1. The minimum absolute atomic E-state index is 0.108. The molecule has 3 rings (SSSR count). The van der Waals surface area contributed by atoms with Crippen LogP contribution in [0.3, 0.4) is 0 Å². The molecule has 0 spiro atoms. The lowest BCUT2D eigenvalue weighted by Gasteiger charge is -2.38. The predicted octanol–water partition coefficient (Wildman–Crippen LogP) is 0.205. The van der Waals surface area contributed by atoms with Crippen LogP contribution in [0.25, 0.3) is 0 Å². The summed E-state index contributed by atoms with van der Waals surface area (Å²) in [6.07, 6.45) is 0. The van der Waals surface area contributed by atoms with Crippen molar-refractivity contribution in [3.05, 3.63) is 24.3 Å². The number of carbonyl (C=O) groups excluding carboxylic acids is 2. The van der Waals surface area contributed by atoms with Crippen LogP contribution >= 0.6 is 0 Å². The van der Waals surface area contributed by atoms with Gasteiger partial charge in [0.05, 0.1) is 6.54 Å². The molecule has 7 heteroatoms. The van der Waals surface area contributed by atoms with Gasteiger partial charge in [-0.1, -0.05) is 0 Å². The smallest absolute Gasteiger partial charge is 0.236 e. The van der Waals surface area contributed by atoms with Crippen molar-refractivity contribution in [2.75, 3.05) is 63.8 Å². The fraction of sp³-hybridized carbons (Fsp3) is 0.556. The van der Waals surface area contributed by atoms with E-state index in [0.29, 0.717) is 32.7 Å². The van der Waals surface area contributed by atoms with Crippen molar-refractivity contribution in [3.63, 3.8) is 0 Å². The van der Waals surface area contributed by atoms with Crippen LogP contribution in [0.1, 0.15) is 6.92 Å². The molecule has 2 aliphatic heterocycles. The van der Waals surface area contributed by atoms with E-state index in [2.05, 4.69) is 9.80 Å². The highest BCUT2D eigenvalue weighted by molar-refractivity contribution is 5.78. The molecule has 136 valence electrons. The first-order valence-corrected chi connectivity index (χ1v) is 8.82. The van der Waals surface area contributed by atoms with Gasteiger partial charge in [-0.15, -0.1) is 0 Å². The van der Waals surface area contributed by atoms with Crippen molar-refractivity contribution in [3.8, 4) is 5.75 Å². The number of piperazine rings is 2. The summed E-state index contributed by atoms with van der Waals surface area (Å²) < 4.78 is 0.